The van der Waals surface area contributed by atoms with Gasteiger partial charge >= 0.3 is 6.18 Å². The van der Waals surface area contributed by atoms with Gasteiger partial charge in [-0.15, -0.1) is 10.2 Å². The summed E-state index contributed by atoms with van der Waals surface area (Å²) in [7, 11) is 1.69. The van der Waals surface area contributed by atoms with Crippen LogP contribution in [0.1, 0.15) is 38.1 Å². The Hall–Kier alpha value is -4.08. The van der Waals surface area contributed by atoms with Gasteiger partial charge in [-0.2, -0.15) is 23.5 Å². The van der Waals surface area contributed by atoms with E-state index in [-0.39, 0.29) is 24.3 Å². The molecule has 0 N–H and O–H groups in total. The number of aromatic nitrogens is 7. The molecule has 4 aromatic rings. The highest BCUT2D eigenvalue weighted by Crippen LogP contribution is 2.41. The Bertz CT molecular complexity index is 1500. The van der Waals surface area contributed by atoms with E-state index in [0.717, 1.165) is 18.5 Å². The van der Waals surface area contributed by atoms with Crippen molar-refractivity contribution in [1.29, 1.82) is 5.26 Å². The zero-order valence-electron chi connectivity index (χ0n) is 20.3. The zero-order valence-corrected chi connectivity index (χ0v) is 20.3. The normalized spacial score (nSPS) is 16.2. The number of pyridine rings is 2. The van der Waals surface area contributed by atoms with Crippen molar-refractivity contribution < 1.29 is 17.6 Å². The first-order chi connectivity index (χ1) is 17.4. The monoisotopic (exact) mass is 513 g/mol. The van der Waals surface area contributed by atoms with Crippen LogP contribution >= 0.6 is 0 Å². The van der Waals surface area contributed by atoms with Gasteiger partial charge in [-0.25, -0.2) is 9.37 Å². The molecule has 0 amide bonds. The Morgan fingerprint density at radius 2 is 1.86 bits per heavy atom. The van der Waals surface area contributed by atoms with Crippen molar-refractivity contribution in [2.45, 2.75) is 44.1 Å². The van der Waals surface area contributed by atoms with Crippen LogP contribution in [-0.2, 0) is 18.3 Å². The van der Waals surface area contributed by atoms with Crippen LogP contribution in [0.5, 0.6) is 0 Å². The fourth-order valence-electron chi connectivity index (χ4n) is 4.53. The molecule has 0 bridgehead atoms. The highest BCUT2D eigenvalue weighted by Gasteiger charge is 2.49. The minimum Gasteiger partial charge on any atom is -0.368 e. The topological polar surface area (TPSA) is 101 Å². The molecule has 192 valence electrons. The number of alkyl halides is 4. The quantitative estimate of drug-likeness (QED) is 0.376. The second kappa shape index (κ2) is 8.50. The second-order valence-electron chi connectivity index (χ2n) is 9.65. The Balaban J connectivity index is 1.51. The lowest BCUT2D eigenvalue weighted by Gasteiger charge is -2.37. The van der Waals surface area contributed by atoms with Crippen molar-refractivity contribution in [2.24, 2.45) is 7.05 Å². The predicted octanol–water partition coefficient (Wildman–Crippen LogP) is 4.26. The molecule has 1 fully saturated rings. The number of halogens is 4. The van der Waals surface area contributed by atoms with Gasteiger partial charge in [0.15, 0.2) is 22.7 Å². The number of nitriles is 1. The number of hydrogen-bond donors (Lipinski definition) is 0. The SMILES string of the molecule is Cn1cnnc1C1(F)CCN(c2c(C#N)ccnc2-c2cnc3nn(C(C)(C)C(F)(F)F)cc3c2)CC1. The maximum absolute atomic E-state index is 15.7. The average Bonchev–Trinajstić information content (AvgIpc) is 3.50. The summed E-state index contributed by atoms with van der Waals surface area (Å²) in [6, 6.07) is 5.40. The highest BCUT2D eigenvalue weighted by molar-refractivity contribution is 5.85. The number of aryl methyl sites for hydroxylation is 1. The van der Waals surface area contributed by atoms with Crippen molar-refractivity contribution in [3.8, 4) is 17.3 Å². The molecule has 0 atom stereocenters. The third-order valence-electron chi connectivity index (χ3n) is 6.93. The zero-order chi connectivity index (χ0) is 26.6. The Morgan fingerprint density at radius 3 is 2.49 bits per heavy atom. The minimum atomic E-state index is -4.52. The number of hydrogen-bond acceptors (Lipinski definition) is 7. The summed E-state index contributed by atoms with van der Waals surface area (Å²) in [5, 5.41) is 22.0. The van der Waals surface area contributed by atoms with Gasteiger partial charge in [0.25, 0.3) is 0 Å². The largest absolute Gasteiger partial charge is 0.413 e. The minimum absolute atomic E-state index is 0.134. The van der Waals surface area contributed by atoms with E-state index in [1.165, 1.54) is 24.9 Å². The summed E-state index contributed by atoms with van der Waals surface area (Å²) in [5.41, 5.74) is -1.92. The van der Waals surface area contributed by atoms with Gasteiger partial charge in [-0.3, -0.25) is 9.67 Å². The van der Waals surface area contributed by atoms with Crippen LogP contribution < -0.4 is 4.90 Å². The van der Waals surface area contributed by atoms with Crippen LogP contribution in [0, 0.1) is 11.3 Å². The van der Waals surface area contributed by atoms with Crippen LogP contribution in [0.25, 0.3) is 22.3 Å². The molecule has 4 aromatic heterocycles. The van der Waals surface area contributed by atoms with Crippen LogP contribution in [0.4, 0.5) is 23.2 Å². The van der Waals surface area contributed by atoms with E-state index < -0.39 is 17.4 Å². The first kappa shape index (κ1) is 24.6. The summed E-state index contributed by atoms with van der Waals surface area (Å²) in [6.45, 7) is 2.67. The molecular formula is C24H23F4N9. The number of nitrogens with zero attached hydrogens (tertiary/aromatic N) is 9. The van der Waals surface area contributed by atoms with Crippen molar-refractivity contribution >= 4 is 16.7 Å². The van der Waals surface area contributed by atoms with E-state index in [1.54, 1.807) is 23.7 Å². The average molecular weight is 514 g/mol. The molecule has 37 heavy (non-hydrogen) atoms. The van der Waals surface area contributed by atoms with Gasteiger partial charge in [0.1, 0.15) is 12.4 Å². The van der Waals surface area contributed by atoms with Gasteiger partial charge in [0.2, 0.25) is 0 Å². The smallest absolute Gasteiger partial charge is 0.368 e. The Morgan fingerprint density at radius 1 is 1.14 bits per heavy atom. The lowest BCUT2D eigenvalue weighted by Crippen LogP contribution is -2.42. The van der Waals surface area contributed by atoms with E-state index in [1.807, 2.05) is 4.90 Å². The predicted molar refractivity (Wildman–Crippen MR) is 126 cm³/mol. The fraction of sp³-hybridized carbons (Fsp3) is 0.417. The summed E-state index contributed by atoms with van der Waals surface area (Å²) in [4.78, 5) is 10.6. The molecule has 13 heteroatoms. The number of anilines is 1. The molecule has 0 saturated carbocycles. The van der Waals surface area contributed by atoms with Gasteiger partial charge < -0.3 is 9.47 Å². The van der Waals surface area contributed by atoms with Crippen molar-refractivity contribution in [3.63, 3.8) is 0 Å². The molecule has 0 radical (unpaired) electrons. The van der Waals surface area contributed by atoms with E-state index in [4.69, 9.17) is 0 Å². The maximum Gasteiger partial charge on any atom is 0.413 e. The summed E-state index contributed by atoms with van der Waals surface area (Å²) >= 11 is 0. The summed E-state index contributed by atoms with van der Waals surface area (Å²) in [5.74, 6) is 0.257. The van der Waals surface area contributed by atoms with E-state index in [9.17, 15) is 18.4 Å². The first-order valence-electron chi connectivity index (χ1n) is 11.5. The first-order valence-corrected chi connectivity index (χ1v) is 11.5. The van der Waals surface area contributed by atoms with Crippen molar-refractivity contribution in [1.82, 2.24) is 34.5 Å². The van der Waals surface area contributed by atoms with Crippen LogP contribution in [0.3, 0.4) is 0 Å². The highest BCUT2D eigenvalue weighted by atomic mass is 19.4. The van der Waals surface area contributed by atoms with Gasteiger partial charge in [0.05, 0.1) is 16.9 Å². The third-order valence-corrected chi connectivity index (χ3v) is 6.93. The molecule has 1 saturated heterocycles. The molecule has 0 aliphatic carbocycles. The molecule has 0 unspecified atom stereocenters. The van der Waals surface area contributed by atoms with Gasteiger partial charge in [-0.05, 0) is 26.0 Å². The Labute approximate surface area is 209 Å². The molecule has 5 heterocycles. The van der Waals surface area contributed by atoms with Crippen molar-refractivity contribution in [2.75, 3.05) is 18.0 Å². The van der Waals surface area contributed by atoms with E-state index in [0.29, 0.717) is 41.0 Å². The summed E-state index contributed by atoms with van der Waals surface area (Å²) < 4.78 is 58.8. The van der Waals surface area contributed by atoms with E-state index >= 15 is 4.39 Å². The van der Waals surface area contributed by atoms with Gasteiger partial charge in [0, 0.05) is 62.5 Å². The molecule has 0 spiro atoms. The fourth-order valence-corrected chi connectivity index (χ4v) is 4.53. The second-order valence-corrected chi connectivity index (χ2v) is 9.65. The summed E-state index contributed by atoms with van der Waals surface area (Å²) in [6.07, 6.45) is 1.46. The maximum atomic E-state index is 15.7. The number of fused-ring (bicyclic) bond motifs is 1. The van der Waals surface area contributed by atoms with Crippen molar-refractivity contribution in [3.05, 3.63) is 48.4 Å². The number of rotatable bonds is 4. The van der Waals surface area contributed by atoms with Crippen LogP contribution in [-0.4, -0.2) is 53.8 Å². The van der Waals surface area contributed by atoms with E-state index in [2.05, 4.69) is 31.3 Å². The molecule has 0 aromatic carbocycles. The standard InChI is InChI=1S/C24H23F4N9/c1-22(2,24(26,27)28)37-13-17-10-16(12-31-20(17)34-37)18-19(15(11-29)4-7-30-18)36-8-5-23(25,6-9-36)21-33-32-14-35(21)3/h4,7,10,12-14H,5-6,8-9H2,1-3H3. The number of piperidine rings is 1. The Kier molecular flexibility index (Phi) is 5.65. The molecule has 1 aliphatic heterocycles. The molecule has 5 rings (SSSR count). The molecule has 9 nitrogen and oxygen atoms in total. The lowest BCUT2D eigenvalue weighted by molar-refractivity contribution is -0.205. The van der Waals surface area contributed by atoms with Gasteiger partial charge in [-0.1, -0.05) is 0 Å². The third kappa shape index (κ3) is 4.06. The lowest BCUT2D eigenvalue weighted by atomic mass is 9.91. The van der Waals surface area contributed by atoms with Crippen LogP contribution in [0.2, 0.25) is 0 Å². The van der Waals surface area contributed by atoms with Crippen LogP contribution in [0.15, 0.2) is 37.1 Å². The molecular weight excluding hydrogens is 490 g/mol. The molecule has 1 aliphatic rings.